The van der Waals surface area contributed by atoms with Crippen LogP contribution in [0.4, 0.5) is 4.39 Å². The minimum absolute atomic E-state index is 0.0704. The molecule has 0 amide bonds. The SMILES string of the molecule is CCS(=O)(=O)NC1CCSCC1COc1ccc(-c2ncc(Cl)cc2F)cc1. The van der Waals surface area contributed by atoms with E-state index < -0.39 is 15.8 Å². The standard InChI is InChI=1S/C19H22ClFN2O3S2/c1-2-28(24,25)23-18-7-8-27-12-14(18)11-26-16-5-3-13(4-6-16)19-17(21)9-15(20)10-22-19/h3-6,9-10,14,18,23H,2,7-8,11-12H2,1H3. The Kier molecular flexibility index (Phi) is 7.20. The number of halogens is 2. The van der Waals surface area contributed by atoms with Crippen LogP contribution in [0, 0.1) is 11.7 Å². The molecule has 1 N–H and O–H groups in total. The molecule has 1 saturated heterocycles. The topological polar surface area (TPSA) is 68.3 Å². The van der Waals surface area contributed by atoms with Crippen molar-refractivity contribution in [2.75, 3.05) is 23.9 Å². The summed E-state index contributed by atoms with van der Waals surface area (Å²) in [6.45, 7) is 2.04. The van der Waals surface area contributed by atoms with Crippen LogP contribution in [-0.4, -0.2) is 43.3 Å². The first-order valence-electron chi connectivity index (χ1n) is 9.00. The second kappa shape index (κ2) is 9.43. The molecule has 1 fully saturated rings. The number of ether oxygens (including phenoxy) is 1. The van der Waals surface area contributed by atoms with E-state index in [4.69, 9.17) is 16.3 Å². The molecule has 0 radical (unpaired) electrons. The first kappa shape index (κ1) is 21.4. The summed E-state index contributed by atoms with van der Waals surface area (Å²) < 4.78 is 46.5. The summed E-state index contributed by atoms with van der Waals surface area (Å²) in [6, 6.07) is 8.10. The summed E-state index contributed by atoms with van der Waals surface area (Å²) in [5.41, 5.74) is 0.858. The molecule has 2 unspecified atom stereocenters. The van der Waals surface area contributed by atoms with Gasteiger partial charge in [-0.3, -0.25) is 4.98 Å². The number of thioether (sulfide) groups is 1. The van der Waals surface area contributed by atoms with Gasteiger partial charge in [-0.25, -0.2) is 17.5 Å². The summed E-state index contributed by atoms with van der Waals surface area (Å²) in [5, 5.41) is 0.250. The summed E-state index contributed by atoms with van der Waals surface area (Å²) >= 11 is 7.54. The van der Waals surface area contributed by atoms with Gasteiger partial charge in [-0.05, 0) is 49.4 Å². The van der Waals surface area contributed by atoms with Crippen molar-refractivity contribution in [2.24, 2.45) is 5.92 Å². The fourth-order valence-corrected chi connectivity index (χ4v) is 5.27. The monoisotopic (exact) mass is 444 g/mol. The summed E-state index contributed by atoms with van der Waals surface area (Å²) in [4.78, 5) is 4.03. The Morgan fingerprint density at radius 3 is 2.79 bits per heavy atom. The molecule has 1 aromatic heterocycles. The molecule has 2 atom stereocenters. The Morgan fingerprint density at radius 1 is 1.36 bits per heavy atom. The highest BCUT2D eigenvalue weighted by atomic mass is 35.5. The molecule has 2 aromatic rings. The van der Waals surface area contributed by atoms with Crippen LogP contribution in [0.25, 0.3) is 11.3 Å². The minimum atomic E-state index is -3.25. The van der Waals surface area contributed by atoms with Gasteiger partial charge < -0.3 is 4.74 Å². The molecular formula is C19H22ClFN2O3S2. The Bertz CT molecular complexity index is 910. The minimum Gasteiger partial charge on any atom is -0.493 e. The molecule has 0 spiro atoms. The number of sulfonamides is 1. The van der Waals surface area contributed by atoms with Gasteiger partial charge in [0.15, 0.2) is 5.82 Å². The van der Waals surface area contributed by atoms with Crippen molar-refractivity contribution in [3.05, 3.63) is 47.4 Å². The molecule has 28 heavy (non-hydrogen) atoms. The van der Waals surface area contributed by atoms with Gasteiger partial charge in [0, 0.05) is 29.5 Å². The van der Waals surface area contributed by atoms with E-state index in [0.29, 0.717) is 17.9 Å². The number of hydrogen-bond acceptors (Lipinski definition) is 5. The van der Waals surface area contributed by atoms with Gasteiger partial charge in [-0.1, -0.05) is 11.6 Å². The molecule has 3 rings (SSSR count). The molecular weight excluding hydrogens is 423 g/mol. The van der Waals surface area contributed by atoms with Gasteiger partial charge >= 0.3 is 0 Å². The Hall–Kier alpha value is -1.35. The van der Waals surface area contributed by atoms with Crippen LogP contribution in [0.3, 0.4) is 0 Å². The second-order valence-electron chi connectivity index (χ2n) is 6.57. The van der Waals surface area contributed by atoms with Crippen LogP contribution in [0.2, 0.25) is 5.02 Å². The lowest BCUT2D eigenvalue weighted by atomic mass is 10.0. The van der Waals surface area contributed by atoms with Crippen LogP contribution in [-0.2, 0) is 10.0 Å². The maximum atomic E-state index is 14.0. The number of aromatic nitrogens is 1. The second-order valence-corrected chi connectivity index (χ2v) is 10.2. The third kappa shape index (κ3) is 5.59. The van der Waals surface area contributed by atoms with Gasteiger partial charge in [0.05, 0.1) is 17.4 Å². The average Bonchev–Trinajstić information content (AvgIpc) is 2.68. The van der Waals surface area contributed by atoms with E-state index in [1.54, 1.807) is 43.0 Å². The average molecular weight is 445 g/mol. The van der Waals surface area contributed by atoms with E-state index in [1.807, 2.05) is 0 Å². The van der Waals surface area contributed by atoms with Gasteiger partial charge in [0.1, 0.15) is 11.4 Å². The van der Waals surface area contributed by atoms with Crippen molar-refractivity contribution in [3.8, 4) is 17.0 Å². The lowest BCUT2D eigenvalue weighted by Crippen LogP contribution is -2.46. The molecule has 152 valence electrons. The fraction of sp³-hybridized carbons (Fsp3) is 0.421. The van der Waals surface area contributed by atoms with E-state index in [1.165, 1.54) is 12.3 Å². The predicted octanol–water partition coefficient (Wildman–Crippen LogP) is 3.98. The van der Waals surface area contributed by atoms with E-state index in [2.05, 4.69) is 9.71 Å². The van der Waals surface area contributed by atoms with E-state index in [0.717, 1.165) is 17.9 Å². The van der Waals surface area contributed by atoms with Crippen molar-refractivity contribution in [3.63, 3.8) is 0 Å². The molecule has 1 aliphatic rings. The third-order valence-corrected chi connectivity index (χ3v) is 7.40. The molecule has 1 aliphatic heterocycles. The molecule has 9 heteroatoms. The van der Waals surface area contributed by atoms with Crippen LogP contribution in [0.1, 0.15) is 13.3 Å². The molecule has 2 heterocycles. The van der Waals surface area contributed by atoms with Crippen LogP contribution < -0.4 is 9.46 Å². The predicted molar refractivity (Wildman–Crippen MR) is 112 cm³/mol. The first-order chi connectivity index (χ1) is 13.4. The molecule has 1 aromatic carbocycles. The van der Waals surface area contributed by atoms with Crippen molar-refractivity contribution in [2.45, 2.75) is 19.4 Å². The molecule has 5 nitrogen and oxygen atoms in total. The number of nitrogens with one attached hydrogen (secondary N) is 1. The van der Waals surface area contributed by atoms with Gasteiger partial charge in [-0.2, -0.15) is 11.8 Å². The Balaban J connectivity index is 1.63. The summed E-state index contributed by atoms with van der Waals surface area (Å²) in [5.74, 6) is 2.10. The summed E-state index contributed by atoms with van der Waals surface area (Å²) in [6.07, 6.45) is 2.20. The normalized spacial score (nSPS) is 20.1. The van der Waals surface area contributed by atoms with Gasteiger partial charge in [0.2, 0.25) is 10.0 Å². The zero-order valence-corrected chi connectivity index (χ0v) is 17.8. The summed E-state index contributed by atoms with van der Waals surface area (Å²) in [7, 11) is -3.25. The van der Waals surface area contributed by atoms with Crippen LogP contribution in [0.15, 0.2) is 36.5 Å². The zero-order valence-electron chi connectivity index (χ0n) is 15.4. The Morgan fingerprint density at radius 2 is 2.11 bits per heavy atom. The number of rotatable bonds is 7. The van der Waals surface area contributed by atoms with Gasteiger partial charge in [0.25, 0.3) is 0 Å². The highest BCUT2D eigenvalue weighted by Crippen LogP contribution is 2.27. The van der Waals surface area contributed by atoms with Crippen molar-refractivity contribution in [1.29, 1.82) is 0 Å². The van der Waals surface area contributed by atoms with Crippen molar-refractivity contribution >= 4 is 33.4 Å². The van der Waals surface area contributed by atoms with E-state index in [-0.39, 0.29) is 28.4 Å². The van der Waals surface area contributed by atoms with Crippen molar-refractivity contribution < 1.29 is 17.5 Å². The smallest absolute Gasteiger partial charge is 0.211 e. The lowest BCUT2D eigenvalue weighted by Gasteiger charge is -2.31. The van der Waals surface area contributed by atoms with Gasteiger partial charge in [-0.15, -0.1) is 0 Å². The van der Waals surface area contributed by atoms with E-state index in [9.17, 15) is 12.8 Å². The van der Waals surface area contributed by atoms with E-state index >= 15 is 0 Å². The molecule has 0 bridgehead atoms. The Labute approximate surface area is 174 Å². The number of nitrogens with zero attached hydrogens (tertiary/aromatic N) is 1. The maximum Gasteiger partial charge on any atom is 0.211 e. The number of hydrogen-bond donors (Lipinski definition) is 1. The third-order valence-electron chi connectivity index (χ3n) is 4.58. The first-order valence-corrected chi connectivity index (χ1v) is 12.2. The zero-order chi connectivity index (χ0) is 20.1. The fourth-order valence-electron chi connectivity index (χ4n) is 2.97. The number of pyridine rings is 1. The maximum absolute atomic E-state index is 14.0. The van der Waals surface area contributed by atoms with Crippen molar-refractivity contribution in [1.82, 2.24) is 9.71 Å². The highest BCUT2D eigenvalue weighted by Gasteiger charge is 2.29. The quantitative estimate of drug-likeness (QED) is 0.699. The van der Waals surface area contributed by atoms with Crippen LogP contribution in [0.5, 0.6) is 5.75 Å². The molecule has 0 aliphatic carbocycles. The largest absolute Gasteiger partial charge is 0.493 e. The number of benzene rings is 1. The lowest BCUT2D eigenvalue weighted by molar-refractivity contribution is 0.229. The molecule has 0 saturated carbocycles. The highest BCUT2D eigenvalue weighted by molar-refractivity contribution is 7.99. The van der Waals surface area contributed by atoms with Crippen LogP contribution >= 0.6 is 23.4 Å².